The van der Waals surface area contributed by atoms with E-state index < -0.39 is 0 Å². The molecule has 2 aliphatic rings. The Hall–Kier alpha value is -0.220. The quantitative estimate of drug-likeness (QED) is 0.818. The molecule has 0 aromatic rings. The number of nitrogens with zero attached hydrogens (tertiary/aromatic N) is 1. The maximum Gasteiger partial charge on any atom is 0.238 e. The number of carbonyl (C=O) groups is 1. The minimum absolute atomic E-state index is 0.144. The van der Waals surface area contributed by atoms with Crippen molar-refractivity contribution in [3.8, 4) is 0 Å². The van der Waals surface area contributed by atoms with Gasteiger partial charge in [-0.25, -0.2) is 0 Å². The maximum absolute atomic E-state index is 12.6. The first-order chi connectivity index (χ1) is 8.13. The zero-order chi connectivity index (χ0) is 12.3. The molecule has 17 heavy (non-hydrogen) atoms. The van der Waals surface area contributed by atoms with Crippen molar-refractivity contribution < 1.29 is 4.79 Å². The van der Waals surface area contributed by atoms with E-state index in [4.69, 9.17) is 0 Å². The van der Waals surface area contributed by atoms with Gasteiger partial charge in [-0.05, 0) is 57.9 Å². The zero-order valence-corrected chi connectivity index (χ0v) is 11.8. The molecule has 2 saturated heterocycles. The average Bonchev–Trinajstić information content (AvgIpc) is 2.62. The lowest BCUT2D eigenvalue weighted by Gasteiger charge is -2.33. The smallest absolute Gasteiger partial charge is 0.238 e. The van der Waals surface area contributed by atoms with E-state index in [9.17, 15) is 4.79 Å². The van der Waals surface area contributed by atoms with Crippen LogP contribution in [-0.2, 0) is 4.79 Å². The Morgan fingerprint density at radius 3 is 2.88 bits per heavy atom. The second kappa shape index (κ2) is 5.61. The number of amides is 1. The lowest BCUT2D eigenvalue weighted by molar-refractivity contribution is -0.134. The van der Waals surface area contributed by atoms with Crippen molar-refractivity contribution in [2.45, 2.75) is 49.8 Å². The molecule has 98 valence electrons. The number of hydrogen-bond acceptors (Lipinski definition) is 3. The molecule has 2 aliphatic heterocycles. The monoisotopic (exact) mass is 256 g/mol. The van der Waals surface area contributed by atoms with Crippen molar-refractivity contribution >= 4 is 17.7 Å². The van der Waals surface area contributed by atoms with Gasteiger partial charge >= 0.3 is 0 Å². The number of thioether (sulfide) groups is 1. The van der Waals surface area contributed by atoms with Crippen LogP contribution in [0.2, 0.25) is 0 Å². The van der Waals surface area contributed by atoms with Crippen molar-refractivity contribution in [2.24, 2.45) is 0 Å². The van der Waals surface area contributed by atoms with Gasteiger partial charge < -0.3 is 10.2 Å². The Kier molecular flexibility index (Phi) is 4.36. The van der Waals surface area contributed by atoms with Crippen LogP contribution >= 0.6 is 11.8 Å². The Morgan fingerprint density at radius 2 is 2.18 bits per heavy atom. The average molecular weight is 256 g/mol. The first-order valence-corrected chi connectivity index (χ1v) is 7.74. The second-order valence-electron chi connectivity index (χ2n) is 5.43. The second-order valence-corrected chi connectivity index (χ2v) is 7.03. The summed E-state index contributed by atoms with van der Waals surface area (Å²) in [6.45, 7) is 4.27. The standard InChI is InChI=1S/C13H24N2OS/c1-13(7-4-10-17-13)12(16)15(2)11-5-3-8-14-9-6-11/h11,14H,3-10H2,1-2H3. The number of rotatable bonds is 2. The molecule has 3 nitrogen and oxygen atoms in total. The van der Waals surface area contributed by atoms with Crippen LogP contribution in [0.4, 0.5) is 0 Å². The Labute approximate surface area is 109 Å². The lowest BCUT2D eigenvalue weighted by atomic mass is 10.0. The molecule has 1 amide bonds. The fourth-order valence-electron chi connectivity index (χ4n) is 2.87. The van der Waals surface area contributed by atoms with Gasteiger partial charge in [-0.1, -0.05) is 0 Å². The Morgan fingerprint density at radius 1 is 1.35 bits per heavy atom. The fourth-order valence-corrected chi connectivity index (χ4v) is 4.17. The molecule has 0 saturated carbocycles. The minimum Gasteiger partial charge on any atom is -0.342 e. The molecule has 0 spiro atoms. The van der Waals surface area contributed by atoms with Crippen molar-refractivity contribution in [2.75, 3.05) is 25.9 Å². The summed E-state index contributed by atoms with van der Waals surface area (Å²) in [5, 5.41) is 3.41. The van der Waals surface area contributed by atoms with Crippen LogP contribution in [-0.4, -0.2) is 47.5 Å². The molecule has 2 rings (SSSR count). The number of nitrogens with one attached hydrogen (secondary N) is 1. The van der Waals surface area contributed by atoms with Crippen LogP contribution in [0, 0.1) is 0 Å². The van der Waals surface area contributed by atoms with E-state index in [1.54, 1.807) is 0 Å². The summed E-state index contributed by atoms with van der Waals surface area (Å²) in [6.07, 6.45) is 5.67. The van der Waals surface area contributed by atoms with Gasteiger partial charge in [-0.3, -0.25) is 4.79 Å². The van der Waals surface area contributed by atoms with Crippen LogP contribution in [0.3, 0.4) is 0 Å². The largest absolute Gasteiger partial charge is 0.342 e. The lowest BCUT2D eigenvalue weighted by Crippen LogP contribution is -2.46. The van der Waals surface area contributed by atoms with Gasteiger partial charge in [0, 0.05) is 13.1 Å². The summed E-state index contributed by atoms with van der Waals surface area (Å²) in [6, 6.07) is 0.440. The van der Waals surface area contributed by atoms with Crippen LogP contribution in [0.5, 0.6) is 0 Å². The number of carbonyl (C=O) groups excluding carboxylic acids is 1. The summed E-state index contributed by atoms with van der Waals surface area (Å²) >= 11 is 1.84. The third-order valence-electron chi connectivity index (χ3n) is 4.08. The molecule has 0 aromatic carbocycles. The van der Waals surface area contributed by atoms with E-state index in [0.29, 0.717) is 11.9 Å². The predicted octanol–water partition coefficient (Wildman–Crippen LogP) is 1.87. The highest BCUT2D eigenvalue weighted by molar-refractivity contribution is 8.01. The SMILES string of the molecule is CN(C(=O)C1(C)CCCS1)C1CCCNCC1. The maximum atomic E-state index is 12.6. The van der Waals surface area contributed by atoms with Crippen molar-refractivity contribution in [1.82, 2.24) is 10.2 Å². The van der Waals surface area contributed by atoms with Crippen LogP contribution in [0.1, 0.15) is 39.0 Å². The Balaban J connectivity index is 1.97. The zero-order valence-electron chi connectivity index (χ0n) is 11.0. The van der Waals surface area contributed by atoms with Crippen LogP contribution < -0.4 is 5.32 Å². The highest BCUT2D eigenvalue weighted by Gasteiger charge is 2.40. The Bertz CT molecular complexity index is 269. The van der Waals surface area contributed by atoms with Crippen molar-refractivity contribution in [3.05, 3.63) is 0 Å². The summed E-state index contributed by atoms with van der Waals surface area (Å²) < 4.78 is -0.144. The highest BCUT2D eigenvalue weighted by atomic mass is 32.2. The topological polar surface area (TPSA) is 32.3 Å². The van der Waals surface area contributed by atoms with E-state index in [0.717, 1.165) is 38.1 Å². The summed E-state index contributed by atoms with van der Waals surface area (Å²) in [5.74, 6) is 1.49. The summed E-state index contributed by atoms with van der Waals surface area (Å²) in [7, 11) is 2.00. The molecule has 0 aromatic heterocycles. The molecule has 1 N–H and O–H groups in total. The van der Waals surface area contributed by atoms with Gasteiger partial charge in [0.15, 0.2) is 0 Å². The minimum atomic E-state index is -0.144. The first-order valence-electron chi connectivity index (χ1n) is 6.75. The van der Waals surface area contributed by atoms with Gasteiger partial charge in [0.2, 0.25) is 5.91 Å². The van der Waals surface area contributed by atoms with E-state index in [1.165, 1.54) is 12.8 Å². The fraction of sp³-hybridized carbons (Fsp3) is 0.923. The molecular formula is C13H24N2OS. The molecule has 2 atom stereocenters. The van der Waals surface area contributed by atoms with Crippen LogP contribution in [0.15, 0.2) is 0 Å². The summed E-state index contributed by atoms with van der Waals surface area (Å²) in [4.78, 5) is 14.6. The molecule has 0 radical (unpaired) electrons. The summed E-state index contributed by atoms with van der Waals surface area (Å²) in [5.41, 5.74) is 0. The molecule has 4 heteroatoms. The molecule has 0 aliphatic carbocycles. The van der Waals surface area contributed by atoms with Crippen molar-refractivity contribution in [1.29, 1.82) is 0 Å². The van der Waals surface area contributed by atoms with E-state index in [1.807, 2.05) is 23.7 Å². The van der Waals surface area contributed by atoms with Gasteiger partial charge in [0.1, 0.15) is 0 Å². The van der Waals surface area contributed by atoms with Gasteiger partial charge in [-0.2, -0.15) is 0 Å². The van der Waals surface area contributed by atoms with Gasteiger partial charge in [0.25, 0.3) is 0 Å². The van der Waals surface area contributed by atoms with E-state index in [-0.39, 0.29) is 4.75 Å². The molecule has 2 fully saturated rings. The molecule has 2 heterocycles. The normalized spacial score (nSPS) is 34.4. The third-order valence-corrected chi connectivity index (χ3v) is 5.59. The third kappa shape index (κ3) is 2.97. The molecule has 2 unspecified atom stereocenters. The van der Waals surface area contributed by atoms with E-state index in [2.05, 4.69) is 12.2 Å². The predicted molar refractivity (Wildman–Crippen MR) is 73.4 cm³/mol. The molecule has 0 bridgehead atoms. The van der Waals surface area contributed by atoms with Gasteiger partial charge in [-0.15, -0.1) is 11.8 Å². The van der Waals surface area contributed by atoms with E-state index >= 15 is 0 Å². The molecular weight excluding hydrogens is 232 g/mol. The first kappa shape index (κ1) is 13.2. The highest BCUT2D eigenvalue weighted by Crippen LogP contribution is 2.39. The van der Waals surface area contributed by atoms with Gasteiger partial charge in [0.05, 0.1) is 4.75 Å². The van der Waals surface area contributed by atoms with Crippen LogP contribution in [0.25, 0.3) is 0 Å². The number of hydrogen-bond donors (Lipinski definition) is 1. The van der Waals surface area contributed by atoms with Crippen molar-refractivity contribution in [3.63, 3.8) is 0 Å².